The van der Waals surface area contributed by atoms with Gasteiger partial charge >= 0.3 is 0 Å². The maximum atomic E-state index is 10.9. The molecule has 0 radical (unpaired) electrons. The van der Waals surface area contributed by atoms with Gasteiger partial charge in [-0.1, -0.05) is 60.7 Å². The van der Waals surface area contributed by atoms with Crippen molar-refractivity contribution >= 4 is 17.9 Å². The van der Waals surface area contributed by atoms with Gasteiger partial charge in [0, 0.05) is 57.3 Å². The summed E-state index contributed by atoms with van der Waals surface area (Å²) in [5.74, 6) is 2.68. The quantitative estimate of drug-likeness (QED) is 0.439. The number of aliphatic hydroxyl groups excluding tert-OH is 1. The Bertz CT molecular complexity index is 1210. The Morgan fingerprint density at radius 2 is 1.21 bits per heavy atom. The monoisotopic (exact) mass is 456 g/mol. The summed E-state index contributed by atoms with van der Waals surface area (Å²) >= 11 is 0. The van der Waals surface area contributed by atoms with Crippen LogP contribution in [0.4, 0.5) is 11.6 Å². The van der Waals surface area contributed by atoms with Crippen LogP contribution in [0.1, 0.15) is 15.9 Å². The number of anilines is 2. The molecule has 8 nitrogen and oxygen atoms in total. The van der Waals surface area contributed by atoms with Crippen LogP contribution >= 0.6 is 0 Å². The molecule has 0 aliphatic carbocycles. The Kier molecular flexibility index (Phi) is 8.37. The number of hydrogen-bond acceptors (Lipinski definition) is 8. The van der Waals surface area contributed by atoms with E-state index in [9.17, 15) is 9.90 Å². The molecule has 0 saturated heterocycles. The van der Waals surface area contributed by atoms with Gasteiger partial charge < -0.3 is 14.9 Å². The highest BCUT2D eigenvalue weighted by atomic mass is 16.3. The largest absolute Gasteiger partial charge is 0.391 e. The van der Waals surface area contributed by atoms with Gasteiger partial charge in [0.15, 0.2) is 17.9 Å². The summed E-state index contributed by atoms with van der Waals surface area (Å²) in [6, 6.07) is 19.5. The first-order valence-electron chi connectivity index (χ1n) is 10.7. The van der Waals surface area contributed by atoms with Crippen molar-refractivity contribution in [1.29, 1.82) is 0 Å². The van der Waals surface area contributed by atoms with E-state index in [0.717, 1.165) is 28.8 Å². The van der Waals surface area contributed by atoms with Crippen molar-refractivity contribution in [1.82, 2.24) is 19.9 Å². The van der Waals surface area contributed by atoms with E-state index in [4.69, 9.17) is 0 Å². The summed E-state index contributed by atoms with van der Waals surface area (Å²) in [6.45, 7) is -0.0530. The minimum atomic E-state index is -0.0530. The van der Waals surface area contributed by atoms with Gasteiger partial charge in [-0.05, 0) is 0 Å². The normalized spacial score (nSPS) is 10.1. The third-order valence-corrected chi connectivity index (χ3v) is 4.85. The number of nitrogens with zero attached hydrogens (tertiary/aromatic N) is 6. The molecule has 0 spiro atoms. The van der Waals surface area contributed by atoms with Crippen molar-refractivity contribution in [2.45, 2.75) is 6.61 Å². The summed E-state index contributed by atoms with van der Waals surface area (Å²) in [7, 11) is 7.50. The van der Waals surface area contributed by atoms with Gasteiger partial charge in [-0.15, -0.1) is 0 Å². The zero-order valence-corrected chi connectivity index (χ0v) is 19.8. The van der Waals surface area contributed by atoms with Crippen molar-refractivity contribution in [2.24, 2.45) is 0 Å². The molecule has 1 N–H and O–H groups in total. The van der Waals surface area contributed by atoms with E-state index in [2.05, 4.69) is 19.9 Å². The zero-order valence-electron chi connectivity index (χ0n) is 19.8. The van der Waals surface area contributed by atoms with E-state index < -0.39 is 0 Å². The molecule has 0 saturated carbocycles. The topological polar surface area (TPSA) is 95.3 Å². The maximum Gasteiger partial charge on any atom is 0.161 e. The van der Waals surface area contributed by atoms with Gasteiger partial charge in [0.2, 0.25) is 0 Å². The molecule has 2 aromatic carbocycles. The summed E-state index contributed by atoms with van der Waals surface area (Å²) in [6.07, 6.45) is 3.99. The highest BCUT2D eigenvalue weighted by molar-refractivity contribution is 5.82. The number of aliphatic hydroxyl groups is 1. The van der Waals surface area contributed by atoms with Gasteiger partial charge in [0.05, 0.1) is 12.2 Å². The summed E-state index contributed by atoms with van der Waals surface area (Å²) in [5, 5.41) is 9.22. The Morgan fingerprint density at radius 3 is 1.65 bits per heavy atom. The van der Waals surface area contributed by atoms with Crippen LogP contribution in [0.5, 0.6) is 0 Å². The lowest BCUT2D eigenvalue weighted by molar-refractivity contribution is 0.112. The molecule has 2 aromatic heterocycles. The number of rotatable bonds is 6. The van der Waals surface area contributed by atoms with E-state index >= 15 is 0 Å². The Morgan fingerprint density at radius 1 is 0.735 bits per heavy atom. The van der Waals surface area contributed by atoms with Crippen LogP contribution in [0.3, 0.4) is 0 Å². The standard InChI is InChI=1S/C13H15N3O.C13H13N3O/c2*1-16(2)13-11(9-17)8-14-12(15-13)10-6-4-3-5-7-10/h3-8,17H,9H2,1-2H3;3-9H,1-2H3. The van der Waals surface area contributed by atoms with Gasteiger partial charge in [0.1, 0.15) is 11.6 Å². The molecule has 2 heterocycles. The Labute approximate surface area is 199 Å². The number of benzene rings is 2. The summed E-state index contributed by atoms with van der Waals surface area (Å²) in [4.78, 5) is 31.9. The molecule has 0 aliphatic rings. The summed E-state index contributed by atoms with van der Waals surface area (Å²) < 4.78 is 0. The molecule has 34 heavy (non-hydrogen) atoms. The Hall–Kier alpha value is -4.17. The van der Waals surface area contributed by atoms with Crippen LogP contribution in [-0.2, 0) is 6.61 Å². The van der Waals surface area contributed by atoms with Crippen molar-refractivity contribution < 1.29 is 9.90 Å². The zero-order chi connectivity index (χ0) is 24.5. The second-order valence-corrected chi connectivity index (χ2v) is 7.81. The fourth-order valence-corrected chi connectivity index (χ4v) is 3.17. The van der Waals surface area contributed by atoms with Gasteiger partial charge in [0.25, 0.3) is 0 Å². The molecule has 8 heteroatoms. The highest BCUT2D eigenvalue weighted by Gasteiger charge is 2.10. The lowest BCUT2D eigenvalue weighted by Crippen LogP contribution is -2.14. The maximum absolute atomic E-state index is 10.9. The lowest BCUT2D eigenvalue weighted by atomic mass is 10.2. The number of hydrogen-bond donors (Lipinski definition) is 1. The highest BCUT2D eigenvalue weighted by Crippen LogP contribution is 2.21. The number of carbonyl (C=O) groups excluding carboxylic acids is 1. The van der Waals surface area contributed by atoms with E-state index in [1.54, 1.807) is 17.3 Å². The molecule has 4 aromatic rings. The van der Waals surface area contributed by atoms with Crippen LogP contribution in [0.2, 0.25) is 0 Å². The van der Waals surface area contributed by atoms with Gasteiger partial charge in [-0.3, -0.25) is 4.79 Å². The van der Waals surface area contributed by atoms with Crippen molar-refractivity contribution in [3.8, 4) is 22.8 Å². The van der Waals surface area contributed by atoms with E-state index in [0.29, 0.717) is 23.0 Å². The molecule has 0 atom stereocenters. The SMILES string of the molecule is CN(C)c1nc(-c2ccccc2)ncc1C=O.CN(C)c1nc(-c2ccccc2)ncc1CO. The number of aldehydes is 1. The van der Waals surface area contributed by atoms with Crippen LogP contribution in [-0.4, -0.2) is 59.5 Å². The predicted molar refractivity (Wildman–Crippen MR) is 135 cm³/mol. The molecule has 0 aliphatic heterocycles. The molecular weight excluding hydrogens is 428 g/mol. The van der Waals surface area contributed by atoms with E-state index in [-0.39, 0.29) is 6.61 Å². The molecule has 0 bridgehead atoms. The predicted octanol–water partition coefficient (Wildman–Crippen LogP) is 3.72. The molecule has 0 amide bonds. The molecule has 174 valence electrons. The minimum absolute atomic E-state index is 0.0530. The smallest absolute Gasteiger partial charge is 0.161 e. The fourth-order valence-electron chi connectivity index (χ4n) is 3.17. The minimum Gasteiger partial charge on any atom is -0.391 e. The summed E-state index contributed by atoms with van der Waals surface area (Å²) in [5.41, 5.74) is 3.14. The average Bonchev–Trinajstić information content (AvgIpc) is 2.89. The van der Waals surface area contributed by atoms with E-state index in [1.165, 1.54) is 0 Å². The molecule has 0 fully saturated rings. The number of carbonyl (C=O) groups is 1. The van der Waals surface area contributed by atoms with Crippen LogP contribution < -0.4 is 9.80 Å². The van der Waals surface area contributed by atoms with Gasteiger partial charge in [-0.25, -0.2) is 19.9 Å². The van der Waals surface area contributed by atoms with Crippen LogP contribution in [0.25, 0.3) is 22.8 Å². The Balaban J connectivity index is 0.000000191. The lowest BCUT2D eigenvalue weighted by Gasteiger charge is -2.15. The van der Waals surface area contributed by atoms with Crippen molar-refractivity contribution in [3.05, 3.63) is 84.2 Å². The first kappa shape index (κ1) is 24.5. The third-order valence-electron chi connectivity index (χ3n) is 4.85. The third kappa shape index (κ3) is 5.99. The van der Waals surface area contributed by atoms with E-state index in [1.807, 2.05) is 93.8 Å². The molecule has 0 unspecified atom stereocenters. The van der Waals surface area contributed by atoms with Crippen LogP contribution in [0, 0.1) is 0 Å². The van der Waals surface area contributed by atoms with Crippen molar-refractivity contribution in [3.63, 3.8) is 0 Å². The number of aromatic nitrogens is 4. The molecular formula is C26H28N6O2. The molecule has 4 rings (SSSR count). The second kappa shape index (κ2) is 11.6. The van der Waals surface area contributed by atoms with Gasteiger partial charge in [-0.2, -0.15) is 0 Å². The first-order valence-corrected chi connectivity index (χ1v) is 10.7. The van der Waals surface area contributed by atoms with Crippen LogP contribution in [0.15, 0.2) is 73.1 Å². The van der Waals surface area contributed by atoms with Crippen molar-refractivity contribution in [2.75, 3.05) is 38.0 Å². The average molecular weight is 457 g/mol. The first-order chi connectivity index (χ1) is 16.4. The fraction of sp³-hybridized carbons (Fsp3) is 0.192. The second-order valence-electron chi connectivity index (χ2n) is 7.81.